The zero-order valence-electron chi connectivity index (χ0n) is 17.4. The van der Waals surface area contributed by atoms with Gasteiger partial charge in [-0.05, 0) is 50.4 Å². The average molecular weight is 409 g/mol. The number of nitrogens with zero attached hydrogens (tertiary/aromatic N) is 4. The maximum absolute atomic E-state index is 13.2. The molecule has 0 unspecified atom stereocenters. The van der Waals surface area contributed by atoms with Crippen molar-refractivity contribution in [1.29, 1.82) is 0 Å². The quantitative estimate of drug-likeness (QED) is 0.775. The molecule has 0 saturated carbocycles. The van der Waals surface area contributed by atoms with Crippen LogP contribution >= 0.6 is 0 Å². The van der Waals surface area contributed by atoms with E-state index in [0.29, 0.717) is 36.9 Å². The number of hydrogen-bond donors (Lipinski definition) is 0. The number of piperidine rings is 1. The highest BCUT2D eigenvalue weighted by molar-refractivity contribution is 5.94. The van der Waals surface area contributed by atoms with Crippen molar-refractivity contribution in [3.63, 3.8) is 0 Å². The molecule has 158 valence electrons. The molecule has 0 aromatic carbocycles. The summed E-state index contributed by atoms with van der Waals surface area (Å²) in [5.41, 5.74) is 2.68. The minimum atomic E-state index is -0.0162. The zero-order valence-corrected chi connectivity index (χ0v) is 17.4. The summed E-state index contributed by atoms with van der Waals surface area (Å²) < 4.78 is 7.20. The third-order valence-corrected chi connectivity index (χ3v) is 6.76. The number of carbonyl (C=O) groups is 1. The second kappa shape index (κ2) is 7.87. The fraction of sp³-hybridized carbons (Fsp3) is 0.522. The Kier molecular flexibility index (Phi) is 5.06. The fourth-order valence-corrected chi connectivity index (χ4v) is 5.29. The molecular weight excluding hydrogens is 380 g/mol. The number of fused-ring (bicyclic) bond motifs is 4. The maximum Gasteiger partial charge on any atom is 0.255 e. The van der Waals surface area contributed by atoms with E-state index in [0.717, 1.165) is 37.3 Å². The first-order valence-corrected chi connectivity index (χ1v) is 10.9. The summed E-state index contributed by atoms with van der Waals surface area (Å²) in [7, 11) is 1.57. The van der Waals surface area contributed by atoms with Gasteiger partial charge in [-0.2, -0.15) is 0 Å². The smallest absolute Gasteiger partial charge is 0.255 e. The Morgan fingerprint density at radius 3 is 2.80 bits per heavy atom. The lowest BCUT2D eigenvalue weighted by Gasteiger charge is -2.43. The van der Waals surface area contributed by atoms with E-state index in [9.17, 15) is 9.59 Å². The number of rotatable bonds is 4. The predicted octanol–water partition coefficient (Wildman–Crippen LogP) is 2.11. The molecule has 5 rings (SSSR count). The van der Waals surface area contributed by atoms with Crippen molar-refractivity contribution in [3.8, 4) is 5.75 Å². The molecule has 0 radical (unpaired) electrons. The molecule has 2 fully saturated rings. The monoisotopic (exact) mass is 408 g/mol. The normalized spacial score (nSPS) is 23.3. The minimum absolute atomic E-state index is 0.0162. The van der Waals surface area contributed by atoms with Crippen molar-refractivity contribution in [2.75, 3.05) is 33.3 Å². The van der Waals surface area contributed by atoms with Crippen LogP contribution in [0.5, 0.6) is 5.75 Å². The minimum Gasteiger partial charge on any atom is -0.495 e. The second-order valence-electron chi connectivity index (χ2n) is 8.80. The first-order valence-electron chi connectivity index (χ1n) is 10.9. The van der Waals surface area contributed by atoms with Crippen molar-refractivity contribution in [1.82, 2.24) is 19.4 Å². The summed E-state index contributed by atoms with van der Waals surface area (Å²) in [6, 6.07) is 5.87. The van der Waals surface area contributed by atoms with E-state index in [1.54, 1.807) is 25.6 Å². The summed E-state index contributed by atoms with van der Waals surface area (Å²) in [5.74, 6) is 1.07. The first-order chi connectivity index (χ1) is 14.6. The number of likely N-dealkylation sites (tertiary alicyclic amines) is 2. The van der Waals surface area contributed by atoms with Crippen LogP contribution in [-0.4, -0.2) is 58.5 Å². The van der Waals surface area contributed by atoms with E-state index in [1.807, 2.05) is 15.5 Å². The molecule has 2 saturated heterocycles. The number of amides is 1. The molecule has 7 heteroatoms. The van der Waals surface area contributed by atoms with E-state index in [1.165, 1.54) is 12.8 Å². The van der Waals surface area contributed by atoms with Crippen LogP contribution in [0, 0.1) is 5.92 Å². The van der Waals surface area contributed by atoms with E-state index >= 15 is 0 Å². The average Bonchev–Trinajstić information content (AvgIpc) is 3.28. The van der Waals surface area contributed by atoms with Crippen LogP contribution in [0.15, 0.2) is 35.4 Å². The van der Waals surface area contributed by atoms with Gasteiger partial charge in [0.25, 0.3) is 11.5 Å². The van der Waals surface area contributed by atoms with Crippen LogP contribution in [0.25, 0.3) is 0 Å². The highest BCUT2D eigenvalue weighted by atomic mass is 16.5. The number of aromatic nitrogens is 2. The maximum atomic E-state index is 13.2. The second-order valence-corrected chi connectivity index (χ2v) is 8.80. The number of methoxy groups -OCH3 is 1. The molecule has 0 aliphatic carbocycles. The molecule has 2 atom stereocenters. The van der Waals surface area contributed by atoms with Gasteiger partial charge in [0.05, 0.1) is 18.9 Å². The Morgan fingerprint density at radius 2 is 2.00 bits per heavy atom. The van der Waals surface area contributed by atoms with E-state index in [-0.39, 0.29) is 17.4 Å². The summed E-state index contributed by atoms with van der Waals surface area (Å²) in [6.07, 6.45) is 6.68. The van der Waals surface area contributed by atoms with Crippen molar-refractivity contribution in [3.05, 3.63) is 57.8 Å². The molecule has 5 heterocycles. The number of pyridine rings is 2. The van der Waals surface area contributed by atoms with E-state index in [4.69, 9.17) is 4.74 Å². The molecule has 3 aliphatic heterocycles. The summed E-state index contributed by atoms with van der Waals surface area (Å²) in [5, 5.41) is 0. The Morgan fingerprint density at radius 1 is 1.17 bits per heavy atom. The van der Waals surface area contributed by atoms with E-state index in [2.05, 4.69) is 16.0 Å². The third kappa shape index (κ3) is 3.51. The Hall–Kier alpha value is -2.67. The van der Waals surface area contributed by atoms with E-state index < -0.39 is 0 Å². The van der Waals surface area contributed by atoms with Crippen molar-refractivity contribution < 1.29 is 9.53 Å². The zero-order chi connectivity index (χ0) is 20.7. The Labute approximate surface area is 176 Å². The summed E-state index contributed by atoms with van der Waals surface area (Å²) >= 11 is 0. The van der Waals surface area contributed by atoms with Crippen LogP contribution in [-0.2, 0) is 13.1 Å². The molecule has 30 heavy (non-hydrogen) atoms. The van der Waals surface area contributed by atoms with Gasteiger partial charge in [0.1, 0.15) is 5.75 Å². The van der Waals surface area contributed by atoms with Crippen LogP contribution in [0.2, 0.25) is 0 Å². The van der Waals surface area contributed by atoms with Crippen molar-refractivity contribution >= 4 is 5.91 Å². The molecule has 2 aromatic heterocycles. The molecule has 3 aliphatic rings. The van der Waals surface area contributed by atoms with Gasteiger partial charge in [-0.1, -0.05) is 6.07 Å². The fourth-order valence-electron chi connectivity index (χ4n) is 5.29. The molecule has 7 nitrogen and oxygen atoms in total. The summed E-state index contributed by atoms with van der Waals surface area (Å²) in [4.78, 5) is 34.7. The van der Waals surface area contributed by atoms with Gasteiger partial charge in [0.15, 0.2) is 0 Å². The molecule has 2 aromatic rings. The van der Waals surface area contributed by atoms with Crippen LogP contribution in [0.1, 0.15) is 46.8 Å². The first kappa shape index (κ1) is 19.3. The number of hydrogen-bond acceptors (Lipinski definition) is 5. The predicted molar refractivity (Wildman–Crippen MR) is 113 cm³/mol. The van der Waals surface area contributed by atoms with Gasteiger partial charge in [-0.15, -0.1) is 0 Å². The molecular formula is C23H28N4O3. The lowest BCUT2D eigenvalue weighted by Crippen LogP contribution is -2.49. The Balaban J connectivity index is 1.37. The highest BCUT2D eigenvalue weighted by Crippen LogP contribution is 2.36. The van der Waals surface area contributed by atoms with Gasteiger partial charge >= 0.3 is 0 Å². The van der Waals surface area contributed by atoms with Gasteiger partial charge < -0.3 is 14.2 Å². The highest BCUT2D eigenvalue weighted by Gasteiger charge is 2.37. The standard InChI is InChI=1S/C23H28N4O3/c1-30-20-9-18(10-24-11-20)22(28)26-12-16-8-19(15-26)21-5-4-17(23(29)27(21)13-16)14-25-6-2-3-7-25/h4-5,9-11,16,19H,2-3,6-8,12-15H2,1H3/t16-,19+/m0/s1. The van der Waals surface area contributed by atoms with Gasteiger partial charge in [-0.3, -0.25) is 19.5 Å². The third-order valence-electron chi connectivity index (χ3n) is 6.76. The SMILES string of the molecule is COc1cncc(C(=O)N2C[C@@H]3C[C@H](C2)c2ccc(CN4CCCC4)c(=O)n2C3)c1. The van der Waals surface area contributed by atoms with Crippen LogP contribution < -0.4 is 10.3 Å². The van der Waals surface area contributed by atoms with Crippen LogP contribution in [0.3, 0.4) is 0 Å². The van der Waals surface area contributed by atoms with Gasteiger partial charge in [-0.25, -0.2) is 0 Å². The topological polar surface area (TPSA) is 67.7 Å². The molecule has 1 amide bonds. The lowest BCUT2D eigenvalue weighted by atomic mass is 9.82. The number of carbonyl (C=O) groups excluding carboxylic acids is 1. The number of ether oxygens (including phenoxy) is 1. The van der Waals surface area contributed by atoms with Gasteiger partial charge in [0.2, 0.25) is 0 Å². The van der Waals surface area contributed by atoms with Crippen molar-refractivity contribution in [2.24, 2.45) is 5.92 Å². The van der Waals surface area contributed by atoms with Gasteiger partial charge in [0, 0.05) is 49.6 Å². The molecule has 2 bridgehead atoms. The largest absolute Gasteiger partial charge is 0.495 e. The lowest BCUT2D eigenvalue weighted by molar-refractivity contribution is 0.0593. The Bertz CT molecular complexity index is 1010. The van der Waals surface area contributed by atoms with Crippen molar-refractivity contribution in [2.45, 2.75) is 38.3 Å². The molecule has 0 N–H and O–H groups in total. The molecule has 0 spiro atoms. The summed E-state index contributed by atoms with van der Waals surface area (Å²) in [6.45, 7) is 4.93. The van der Waals surface area contributed by atoms with Crippen LogP contribution in [0.4, 0.5) is 0 Å².